The Bertz CT molecular complexity index is 672. The first kappa shape index (κ1) is 15.8. The summed E-state index contributed by atoms with van der Waals surface area (Å²) in [6.45, 7) is 0. The molecule has 9 nitrogen and oxygen atoms in total. The first-order valence-corrected chi connectivity index (χ1v) is 7.48. The average molecular weight is 338 g/mol. The van der Waals surface area contributed by atoms with Crippen molar-refractivity contribution in [3.05, 3.63) is 35.2 Å². The molecule has 10 heteroatoms. The number of amides is 1. The smallest absolute Gasteiger partial charge is 0.226 e. The van der Waals surface area contributed by atoms with Gasteiger partial charge < -0.3 is 9.84 Å². The maximum absolute atomic E-state index is 11.7. The third kappa shape index (κ3) is 4.24. The summed E-state index contributed by atoms with van der Waals surface area (Å²) >= 11 is 6.10. The number of nitrogens with zero attached hydrogens (tertiary/aromatic N) is 2. The highest BCUT2D eigenvalue weighted by atomic mass is 35.5. The van der Waals surface area contributed by atoms with Crippen molar-refractivity contribution >= 4 is 17.5 Å². The van der Waals surface area contributed by atoms with E-state index < -0.39 is 0 Å². The monoisotopic (exact) mass is 337 g/mol. The molecule has 0 bridgehead atoms. The number of carbonyl (C=O) groups excluding carboxylic acids is 1. The topological polar surface area (TPSA) is 116 Å². The predicted molar refractivity (Wildman–Crippen MR) is 82.2 cm³/mol. The molecule has 5 N–H and O–H groups in total. The van der Waals surface area contributed by atoms with Gasteiger partial charge in [-0.25, -0.2) is 10.9 Å². The van der Waals surface area contributed by atoms with Gasteiger partial charge in [0.1, 0.15) is 0 Å². The van der Waals surface area contributed by atoms with E-state index in [1.807, 2.05) is 18.2 Å². The number of aryl methyl sites for hydroxylation is 1. The summed E-state index contributed by atoms with van der Waals surface area (Å²) < 4.78 is 5.19. The molecule has 1 amide bonds. The van der Waals surface area contributed by atoms with Crippen molar-refractivity contribution in [3.8, 4) is 11.4 Å². The number of rotatable bonds is 6. The number of halogens is 1. The summed E-state index contributed by atoms with van der Waals surface area (Å²) in [5.41, 5.74) is 11.5. The van der Waals surface area contributed by atoms with Crippen molar-refractivity contribution in [2.24, 2.45) is 0 Å². The second kappa shape index (κ2) is 7.49. The van der Waals surface area contributed by atoms with E-state index in [0.29, 0.717) is 36.0 Å². The van der Waals surface area contributed by atoms with Crippen LogP contribution in [0.25, 0.3) is 11.4 Å². The summed E-state index contributed by atoms with van der Waals surface area (Å²) in [5.74, 6) is 0.839. The molecule has 1 aromatic carbocycles. The molecule has 1 aromatic heterocycles. The molecular weight excluding hydrogens is 322 g/mol. The molecule has 1 saturated heterocycles. The van der Waals surface area contributed by atoms with Gasteiger partial charge in [0.25, 0.3) is 0 Å². The summed E-state index contributed by atoms with van der Waals surface area (Å²) in [6.07, 6.45) is 1.12. The minimum absolute atomic E-state index is 0.0913. The fraction of sp³-hybridized carbons (Fsp3) is 0.308. The van der Waals surface area contributed by atoms with Crippen LogP contribution < -0.4 is 27.2 Å². The Morgan fingerprint density at radius 3 is 2.87 bits per heavy atom. The standard InChI is InChI=1S/C13H16ClN7O2/c14-9-5-2-1-4-8(9)12-16-11(23-19-12)7-3-6-10(22)15-13-17-20-21-18-13/h1-2,4-5,13,17-18,20-21H,3,6-7H2,(H,15,22). The summed E-state index contributed by atoms with van der Waals surface area (Å²) in [4.78, 5) is 16.0. The normalized spacial score (nSPS) is 15.0. The lowest BCUT2D eigenvalue weighted by Crippen LogP contribution is -2.49. The van der Waals surface area contributed by atoms with Crippen LogP contribution in [0.2, 0.25) is 5.02 Å². The minimum Gasteiger partial charge on any atom is -0.339 e. The van der Waals surface area contributed by atoms with Crippen LogP contribution in [0.1, 0.15) is 18.7 Å². The van der Waals surface area contributed by atoms with Gasteiger partial charge in [0.2, 0.25) is 17.6 Å². The third-order valence-electron chi connectivity index (χ3n) is 3.18. The zero-order valence-electron chi connectivity index (χ0n) is 12.1. The fourth-order valence-corrected chi connectivity index (χ4v) is 2.29. The highest BCUT2D eigenvalue weighted by Gasteiger charge is 2.15. The maximum atomic E-state index is 11.7. The highest BCUT2D eigenvalue weighted by Crippen LogP contribution is 2.25. The Balaban J connectivity index is 1.48. The minimum atomic E-state index is -0.349. The zero-order chi connectivity index (χ0) is 16.1. The first-order valence-electron chi connectivity index (χ1n) is 7.10. The SMILES string of the molecule is O=C(CCCc1nc(-c2ccccc2Cl)no1)NC1NNNN1. The second-order valence-corrected chi connectivity index (χ2v) is 5.29. The van der Waals surface area contributed by atoms with E-state index in [4.69, 9.17) is 16.1 Å². The van der Waals surface area contributed by atoms with Crippen molar-refractivity contribution in [1.29, 1.82) is 0 Å². The van der Waals surface area contributed by atoms with Crippen LogP contribution in [0.4, 0.5) is 0 Å². The molecule has 0 aliphatic carbocycles. The molecular formula is C13H16ClN7O2. The number of aromatic nitrogens is 2. The predicted octanol–water partition coefficient (Wildman–Crippen LogP) is 0.229. The fourth-order valence-electron chi connectivity index (χ4n) is 2.07. The van der Waals surface area contributed by atoms with Crippen LogP contribution in [0.5, 0.6) is 0 Å². The van der Waals surface area contributed by atoms with Crippen molar-refractivity contribution in [3.63, 3.8) is 0 Å². The molecule has 0 radical (unpaired) electrons. The summed E-state index contributed by atoms with van der Waals surface area (Å²) in [6, 6.07) is 7.29. The van der Waals surface area contributed by atoms with Crippen LogP contribution in [0, 0.1) is 0 Å². The van der Waals surface area contributed by atoms with Crippen LogP contribution in [-0.4, -0.2) is 22.3 Å². The van der Waals surface area contributed by atoms with Crippen molar-refractivity contribution in [2.45, 2.75) is 25.6 Å². The van der Waals surface area contributed by atoms with Gasteiger partial charge in [0.15, 0.2) is 6.29 Å². The summed E-state index contributed by atoms with van der Waals surface area (Å²) in [5, 5.41) is 7.22. The Kier molecular flexibility index (Phi) is 5.16. The zero-order valence-corrected chi connectivity index (χ0v) is 12.9. The van der Waals surface area contributed by atoms with E-state index in [9.17, 15) is 4.79 Å². The summed E-state index contributed by atoms with van der Waals surface area (Å²) in [7, 11) is 0. The molecule has 3 rings (SSSR count). The molecule has 122 valence electrons. The van der Waals surface area contributed by atoms with Gasteiger partial charge in [-0.2, -0.15) is 16.1 Å². The molecule has 2 heterocycles. The molecule has 2 aromatic rings. The van der Waals surface area contributed by atoms with Crippen LogP contribution in [-0.2, 0) is 11.2 Å². The Morgan fingerprint density at radius 1 is 1.30 bits per heavy atom. The van der Waals surface area contributed by atoms with Gasteiger partial charge >= 0.3 is 0 Å². The number of hydrogen-bond donors (Lipinski definition) is 5. The van der Waals surface area contributed by atoms with Crippen LogP contribution >= 0.6 is 11.6 Å². The number of hydrazine groups is 3. The van der Waals surface area contributed by atoms with Crippen molar-refractivity contribution < 1.29 is 9.32 Å². The van der Waals surface area contributed by atoms with E-state index in [0.717, 1.165) is 5.56 Å². The van der Waals surface area contributed by atoms with E-state index in [-0.39, 0.29) is 12.2 Å². The Hall–Kier alpha value is -2.04. The number of nitrogens with one attached hydrogen (secondary N) is 5. The Labute approximate surface area is 137 Å². The van der Waals surface area contributed by atoms with Gasteiger partial charge in [0.05, 0.1) is 5.02 Å². The number of benzene rings is 1. The van der Waals surface area contributed by atoms with E-state index >= 15 is 0 Å². The first-order chi connectivity index (χ1) is 11.2. The second-order valence-electron chi connectivity index (χ2n) is 4.88. The lowest BCUT2D eigenvalue weighted by molar-refractivity contribution is -0.122. The molecule has 0 unspecified atom stereocenters. The largest absolute Gasteiger partial charge is 0.339 e. The number of carbonyl (C=O) groups is 1. The van der Waals surface area contributed by atoms with Gasteiger partial charge in [-0.15, -0.1) is 0 Å². The molecule has 0 spiro atoms. The van der Waals surface area contributed by atoms with E-state index in [1.165, 1.54) is 0 Å². The van der Waals surface area contributed by atoms with Crippen molar-refractivity contribution in [1.82, 2.24) is 37.4 Å². The van der Waals surface area contributed by atoms with E-state index in [1.54, 1.807) is 6.07 Å². The molecule has 23 heavy (non-hydrogen) atoms. The lowest BCUT2D eigenvalue weighted by atomic mass is 10.2. The van der Waals surface area contributed by atoms with E-state index in [2.05, 4.69) is 37.4 Å². The van der Waals surface area contributed by atoms with Gasteiger partial charge in [-0.3, -0.25) is 4.79 Å². The average Bonchev–Trinajstić information content (AvgIpc) is 3.20. The molecule has 1 fully saturated rings. The molecule has 1 aliphatic heterocycles. The van der Waals surface area contributed by atoms with Gasteiger partial charge in [0, 0.05) is 18.4 Å². The molecule has 1 aliphatic rings. The highest BCUT2D eigenvalue weighted by molar-refractivity contribution is 6.33. The van der Waals surface area contributed by atoms with Gasteiger partial charge in [-0.1, -0.05) is 28.9 Å². The lowest BCUT2D eigenvalue weighted by Gasteiger charge is -2.10. The molecule has 0 saturated carbocycles. The number of hydrogen-bond acceptors (Lipinski definition) is 8. The van der Waals surface area contributed by atoms with Crippen molar-refractivity contribution in [2.75, 3.05) is 0 Å². The van der Waals surface area contributed by atoms with Gasteiger partial charge in [-0.05, 0) is 18.6 Å². The third-order valence-corrected chi connectivity index (χ3v) is 3.51. The quantitative estimate of drug-likeness (QED) is 0.508. The van der Waals surface area contributed by atoms with Crippen LogP contribution in [0.15, 0.2) is 28.8 Å². The Morgan fingerprint density at radius 2 is 2.09 bits per heavy atom. The van der Waals surface area contributed by atoms with Crippen LogP contribution in [0.3, 0.4) is 0 Å². The molecule has 0 atom stereocenters. The maximum Gasteiger partial charge on any atom is 0.226 e.